The van der Waals surface area contributed by atoms with E-state index >= 15 is 0 Å². The fourth-order valence-corrected chi connectivity index (χ4v) is 2.30. The highest BCUT2D eigenvalue weighted by molar-refractivity contribution is 14.1. The minimum absolute atomic E-state index is 0.0536. The molecule has 0 spiro atoms. The quantitative estimate of drug-likeness (QED) is 0.601. The summed E-state index contributed by atoms with van der Waals surface area (Å²) in [5, 5.41) is 0. The lowest BCUT2D eigenvalue weighted by Gasteiger charge is -2.09. The Morgan fingerprint density at radius 2 is 2.21 bits per heavy atom. The van der Waals surface area contributed by atoms with Crippen molar-refractivity contribution in [3.63, 3.8) is 0 Å². The Balaban J connectivity index is 3.19. The van der Waals surface area contributed by atoms with Crippen LogP contribution in [0.4, 0.5) is 0 Å². The molecular weight excluding hydrogens is 359 g/mol. The molecule has 2 nitrogen and oxygen atoms in total. The van der Waals surface area contributed by atoms with E-state index in [4.69, 9.17) is 4.74 Å². The molecule has 1 rings (SSSR count). The highest BCUT2D eigenvalue weighted by Crippen LogP contribution is 2.31. The molecule has 0 aliphatic heterocycles. The van der Waals surface area contributed by atoms with Crippen LogP contribution in [0.1, 0.15) is 24.2 Å². The molecule has 76 valence electrons. The van der Waals surface area contributed by atoms with Crippen LogP contribution >= 0.6 is 38.5 Å². The van der Waals surface area contributed by atoms with Gasteiger partial charge in [0.15, 0.2) is 5.78 Å². The lowest BCUT2D eigenvalue weighted by molar-refractivity contribution is 0.101. The molecule has 0 saturated carbocycles. The zero-order valence-corrected chi connectivity index (χ0v) is 11.7. The molecular formula is C10H10BrIO2. The van der Waals surface area contributed by atoms with Crippen LogP contribution in [0.2, 0.25) is 0 Å². The maximum absolute atomic E-state index is 11.2. The minimum atomic E-state index is 0.0536. The lowest BCUT2D eigenvalue weighted by atomic mass is 10.1. The van der Waals surface area contributed by atoms with E-state index in [-0.39, 0.29) is 5.78 Å². The van der Waals surface area contributed by atoms with Crippen LogP contribution in [-0.2, 0) is 0 Å². The van der Waals surface area contributed by atoms with Crippen LogP contribution in [0.15, 0.2) is 16.6 Å². The molecule has 0 aromatic heterocycles. The van der Waals surface area contributed by atoms with E-state index in [1.165, 1.54) is 0 Å². The van der Waals surface area contributed by atoms with Crippen LogP contribution < -0.4 is 4.74 Å². The van der Waals surface area contributed by atoms with Gasteiger partial charge in [-0.2, -0.15) is 0 Å². The third-order valence-electron chi connectivity index (χ3n) is 1.73. The summed E-state index contributed by atoms with van der Waals surface area (Å²) in [6.07, 6.45) is 0. The molecule has 0 aliphatic carbocycles. The smallest absolute Gasteiger partial charge is 0.160 e. The number of halogens is 2. The van der Waals surface area contributed by atoms with Crippen LogP contribution in [-0.4, -0.2) is 12.4 Å². The number of rotatable bonds is 3. The molecule has 14 heavy (non-hydrogen) atoms. The normalized spacial score (nSPS) is 10.0. The minimum Gasteiger partial charge on any atom is -0.493 e. The lowest BCUT2D eigenvalue weighted by Crippen LogP contribution is -1.99. The second-order valence-corrected chi connectivity index (χ2v) is 4.60. The van der Waals surface area contributed by atoms with E-state index in [1.54, 1.807) is 13.0 Å². The fourth-order valence-electron chi connectivity index (χ4n) is 1.07. The Labute approximate surface area is 105 Å². The highest BCUT2D eigenvalue weighted by Gasteiger charge is 2.12. The Hall–Kier alpha value is -0.100. The number of benzene rings is 1. The first kappa shape index (κ1) is 12.0. The van der Waals surface area contributed by atoms with E-state index in [0.717, 1.165) is 13.8 Å². The Morgan fingerprint density at radius 3 is 2.71 bits per heavy atom. The summed E-state index contributed by atoms with van der Waals surface area (Å²) in [5.41, 5.74) is 0.692. The van der Waals surface area contributed by atoms with Crippen LogP contribution in [0, 0.1) is 3.57 Å². The number of carbonyl (C=O) groups excluding carboxylic acids is 1. The van der Waals surface area contributed by atoms with Gasteiger partial charge >= 0.3 is 0 Å². The van der Waals surface area contributed by atoms with Gasteiger partial charge in [0.05, 0.1) is 10.2 Å². The average molecular weight is 369 g/mol. The zero-order chi connectivity index (χ0) is 10.7. The van der Waals surface area contributed by atoms with Gasteiger partial charge in [-0.1, -0.05) is 0 Å². The van der Waals surface area contributed by atoms with Crippen molar-refractivity contribution in [3.8, 4) is 5.75 Å². The molecule has 1 aromatic carbocycles. The average Bonchev–Trinajstić information content (AvgIpc) is 2.13. The molecule has 0 amide bonds. The summed E-state index contributed by atoms with van der Waals surface area (Å²) >= 11 is 5.56. The molecule has 0 N–H and O–H groups in total. The van der Waals surface area contributed by atoms with Crippen molar-refractivity contribution in [1.29, 1.82) is 0 Å². The summed E-state index contributed by atoms with van der Waals surface area (Å²) in [6.45, 7) is 4.11. The first-order chi connectivity index (χ1) is 6.57. The summed E-state index contributed by atoms with van der Waals surface area (Å²) in [6, 6.07) is 3.60. The Bertz CT molecular complexity index is 363. The van der Waals surface area contributed by atoms with Crippen molar-refractivity contribution >= 4 is 44.3 Å². The first-order valence-corrected chi connectivity index (χ1v) is 6.06. The topological polar surface area (TPSA) is 26.3 Å². The molecule has 0 radical (unpaired) electrons. The van der Waals surface area contributed by atoms with Gasteiger partial charge in [0.2, 0.25) is 0 Å². The van der Waals surface area contributed by atoms with Crippen molar-refractivity contribution in [2.24, 2.45) is 0 Å². The molecule has 4 heteroatoms. The maximum atomic E-state index is 11.2. The molecule has 0 fully saturated rings. The number of Topliss-reactive ketones (excluding diaryl/α,β-unsaturated/α-hetero) is 1. The summed E-state index contributed by atoms with van der Waals surface area (Å²) in [5.74, 6) is 0.864. The zero-order valence-electron chi connectivity index (χ0n) is 7.93. The van der Waals surface area contributed by atoms with Gasteiger partial charge < -0.3 is 4.74 Å². The standard InChI is InChI=1S/C10H10BrIO2/c1-3-14-8-5-4-7(6(2)13)9(11)10(8)12/h4-5H,3H2,1-2H3. The van der Waals surface area contributed by atoms with Crippen molar-refractivity contribution in [1.82, 2.24) is 0 Å². The Kier molecular flexibility index (Phi) is 4.37. The predicted molar refractivity (Wildman–Crippen MR) is 68.0 cm³/mol. The molecule has 0 aliphatic rings. The Morgan fingerprint density at radius 1 is 1.57 bits per heavy atom. The number of hydrogen-bond acceptors (Lipinski definition) is 2. The summed E-state index contributed by atoms with van der Waals surface area (Å²) in [7, 11) is 0. The van der Waals surface area contributed by atoms with Gasteiger partial charge in [0, 0.05) is 10.0 Å². The van der Waals surface area contributed by atoms with E-state index in [1.807, 2.05) is 13.0 Å². The van der Waals surface area contributed by atoms with Crippen molar-refractivity contribution in [3.05, 3.63) is 25.7 Å². The maximum Gasteiger partial charge on any atom is 0.160 e. The molecule has 0 bridgehead atoms. The molecule has 1 aromatic rings. The van der Waals surface area contributed by atoms with Gasteiger partial charge in [-0.05, 0) is 64.5 Å². The van der Waals surface area contributed by atoms with Gasteiger partial charge in [-0.25, -0.2) is 0 Å². The van der Waals surface area contributed by atoms with E-state index in [2.05, 4.69) is 38.5 Å². The summed E-state index contributed by atoms with van der Waals surface area (Å²) in [4.78, 5) is 11.2. The monoisotopic (exact) mass is 368 g/mol. The first-order valence-electron chi connectivity index (χ1n) is 4.19. The van der Waals surface area contributed by atoms with Gasteiger partial charge in [-0.3, -0.25) is 4.79 Å². The van der Waals surface area contributed by atoms with Gasteiger partial charge in [-0.15, -0.1) is 0 Å². The predicted octanol–water partition coefficient (Wildman–Crippen LogP) is 3.66. The number of ether oxygens (including phenoxy) is 1. The van der Waals surface area contributed by atoms with Crippen LogP contribution in [0.5, 0.6) is 5.75 Å². The number of ketones is 1. The van der Waals surface area contributed by atoms with Crippen LogP contribution in [0.25, 0.3) is 0 Å². The SMILES string of the molecule is CCOc1ccc(C(C)=O)c(Br)c1I. The highest BCUT2D eigenvalue weighted by atomic mass is 127. The van der Waals surface area contributed by atoms with E-state index in [0.29, 0.717) is 12.2 Å². The third-order valence-corrected chi connectivity index (χ3v) is 4.36. The molecule has 0 atom stereocenters. The van der Waals surface area contributed by atoms with E-state index in [9.17, 15) is 4.79 Å². The van der Waals surface area contributed by atoms with Gasteiger partial charge in [0.1, 0.15) is 5.75 Å². The third kappa shape index (κ3) is 2.48. The van der Waals surface area contributed by atoms with E-state index < -0.39 is 0 Å². The van der Waals surface area contributed by atoms with Crippen molar-refractivity contribution in [2.75, 3.05) is 6.61 Å². The molecule has 0 unspecified atom stereocenters. The molecule has 0 saturated heterocycles. The number of carbonyl (C=O) groups is 1. The largest absolute Gasteiger partial charge is 0.493 e. The van der Waals surface area contributed by atoms with Crippen molar-refractivity contribution < 1.29 is 9.53 Å². The van der Waals surface area contributed by atoms with Crippen LogP contribution in [0.3, 0.4) is 0 Å². The summed E-state index contributed by atoms with van der Waals surface area (Å²) < 4.78 is 7.16. The van der Waals surface area contributed by atoms with Crippen molar-refractivity contribution in [2.45, 2.75) is 13.8 Å². The second kappa shape index (κ2) is 5.11. The second-order valence-electron chi connectivity index (χ2n) is 2.73. The molecule has 0 heterocycles. The van der Waals surface area contributed by atoms with Gasteiger partial charge in [0.25, 0.3) is 0 Å². The fraction of sp³-hybridized carbons (Fsp3) is 0.300. The number of hydrogen-bond donors (Lipinski definition) is 0.